The molecule has 2 aromatic rings. The first-order valence-corrected chi connectivity index (χ1v) is 8.25. The van der Waals surface area contributed by atoms with E-state index in [0.717, 1.165) is 56.6 Å². The maximum Gasteiger partial charge on any atom is 0.151 e. The Hall–Kier alpha value is -2.21. The largest absolute Gasteiger partial charge is 0.354 e. The van der Waals surface area contributed by atoms with Gasteiger partial charge in [-0.05, 0) is 31.2 Å². The molecule has 120 valence electrons. The van der Waals surface area contributed by atoms with E-state index in [2.05, 4.69) is 48.1 Å². The Morgan fingerprint density at radius 1 is 0.870 bits per heavy atom. The highest BCUT2D eigenvalue weighted by molar-refractivity contribution is 5.42. The highest BCUT2D eigenvalue weighted by atomic mass is 15.4. The van der Waals surface area contributed by atoms with Crippen LogP contribution in [-0.2, 0) is 0 Å². The van der Waals surface area contributed by atoms with Crippen LogP contribution in [0.2, 0.25) is 0 Å². The average Bonchev–Trinajstić information content (AvgIpc) is 2.57. The van der Waals surface area contributed by atoms with Crippen LogP contribution in [0.1, 0.15) is 5.69 Å². The lowest BCUT2D eigenvalue weighted by Gasteiger charge is -2.48. The molecule has 0 aliphatic carbocycles. The van der Waals surface area contributed by atoms with Crippen LogP contribution in [-0.4, -0.2) is 65.4 Å². The summed E-state index contributed by atoms with van der Waals surface area (Å²) < 4.78 is 0. The number of hydrogen-bond acceptors (Lipinski definition) is 6. The molecule has 4 heterocycles. The van der Waals surface area contributed by atoms with Crippen molar-refractivity contribution in [2.75, 3.05) is 49.1 Å². The number of piperazine rings is 1. The fourth-order valence-electron chi connectivity index (χ4n) is 3.29. The van der Waals surface area contributed by atoms with Gasteiger partial charge in [0, 0.05) is 51.5 Å². The molecule has 2 aliphatic heterocycles. The van der Waals surface area contributed by atoms with Crippen LogP contribution in [0.4, 0.5) is 11.6 Å². The number of anilines is 2. The Labute approximate surface area is 136 Å². The summed E-state index contributed by atoms with van der Waals surface area (Å²) in [6.45, 7) is 8.40. The van der Waals surface area contributed by atoms with Crippen LogP contribution in [0.25, 0.3) is 0 Å². The van der Waals surface area contributed by atoms with Crippen LogP contribution < -0.4 is 9.80 Å². The van der Waals surface area contributed by atoms with Crippen molar-refractivity contribution in [1.82, 2.24) is 20.1 Å². The van der Waals surface area contributed by atoms with Gasteiger partial charge in [-0.1, -0.05) is 6.07 Å². The third kappa shape index (κ3) is 2.99. The molecule has 2 aliphatic rings. The van der Waals surface area contributed by atoms with Crippen molar-refractivity contribution in [2.24, 2.45) is 0 Å². The SMILES string of the molecule is Cc1ccc(N2CC(N3CCN(c4ccccn4)CC3)C2)nn1. The van der Waals surface area contributed by atoms with Crippen molar-refractivity contribution in [1.29, 1.82) is 0 Å². The first kappa shape index (κ1) is 14.4. The molecule has 0 radical (unpaired) electrons. The predicted molar refractivity (Wildman–Crippen MR) is 90.8 cm³/mol. The number of aromatic nitrogens is 3. The highest BCUT2D eigenvalue weighted by Crippen LogP contribution is 2.23. The molecule has 23 heavy (non-hydrogen) atoms. The average molecular weight is 310 g/mol. The van der Waals surface area contributed by atoms with E-state index in [1.165, 1.54) is 0 Å². The van der Waals surface area contributed by atoms with E-state index in [0.29, 0.717) is 6.04 Å². The molecule has 0 amide bonds. The summed E-state index contributed by atoms with van der Waals surface area (Å²) in [5.74, 6) is 2.09. The lowest BCUT2D eigenvalue weighted by molar-refractivity contribution is 0.156. The number of pyridine rings is 1. The van der Waals surface area contributed by atoms with Crippen LogP contribution in [0.5, 0.6) is 0 Å². The van der Waals surface area contributed by atoms with Crippen LogP contribution in [0.3, 0.4) is 0 Å². The van der Waals surface area contributed by atoms with Crippen molar-refractivity contribution in [3.8, 4) is 0 Å². The Bertz CT molecular complexity index is 630. The third-order valence-electron chi connectivity index (χ3n) is 4.77. The van der Waals surface area contributed by atoms with Crippen molar-refractivity contribution < 1.29 is 0 Å². The molecular weight excluding hydrogens is 288 g/mol. The van der Waals surface area contributed by atoms with Crippen molar-refractivity contribution in [3.05, 3.63) is 42.2 Å². The summed E-state index contributed by atoms with van der Waals surface area (Å²) in [6.07, 6.45) is 1.87. The zero-order valence-corrected chi connectivity index (χ0v) is 13.5. The maximum absolute atomic E-state index is 4.45. The Morgan fingerprint density at radius 3 is 2.35 bits per heavy atom. The monoisotopic (exact) mass is 310 g/mol. The summed E-state index contributed by atoms with van der Waals surface area (Å²) in [6, 6.07) is 10.9. The molecule has 2 saturated heterocycles. The van der Waals surface area contributed by atoms with E-state index >= 15 is 0 Å². The number of nitrogens with zero attached hydrogens (tertiary/aromatic N) is 6. The standard InChI is InChI=1S/C17H22N6/c1-14-5-6-17(20-19-14)23-12-15(13-23)21-8-10-22(11-9-21)16-4-2-3-7-18-16/h2-7,15H,8-13H2,1H3. The lowest BCUT2D eigenvalue weighted by atomic mass is 10.1. The van der Waals surface area contributed by atoms with E-state index < -0.39 is 0 Å². The molecule has 0 aromatic carbocycles. The fraction of sp³-hybridized carbons (Fsp3) is 0.471. The molecule has 2 aromatic heterocycles. The lowest BCUT2D eigenvalue weighted by Crippen LogP contribution is -2.63. The van der Waals surface area contributed by atoms with Gasteiger partial charge in [0.25, 0.3) is 0 Å². The van der Waals surface area contributed by atoms with Gasteiger partial charge >= 0.3 is 0 Å². The fourth-order valence-corrected chi connectivity index (χ4v) is 3.29. The van der Waals surface area contributed by atoms with Gasteiger partial charge in [0.1, 0.15) is 5.82 Å². The van der Waals surface area contributed by atoms with Gasteiger partial charge in [0.05, 0.1) is 5.69 Å². The summed E-state index contributed by atoms with van der Waals surface area (Å²) >= 11 is 0. The maximum atomic E-state index is 4.45. The minimum atomic E-state index is 0.643. The molecular formula is C17H22N6. The molecule has 2 fully saturated rings. The van der Waals surface area contributed by atoms with Gasteiger partial charge in [0.15, 0.2) is 5.82 Å². The first-order valence-electron chi connectivity index (χ1n) is 8.25. The number of rotatable bonds is 3. The number of hydrogen-bond donors (Lipinski definition) is 0. The van der Waals surface area contributed by atoms with Crippen LogP contribution in [0, 0.1) is 6.92 Å². The second kappa shape index (κ2) is 6.12. The molecule has 0 N–H and O–H groups in total. The van der Waals surface area contributed by atoms with Gasteiger partial charge in [-0.2, -0.15) is 5.10 Å². The highest BCUT2D eigenvalue weighted by Gasteiger charge is 2.34. The molecule has 6 heteroatoms. The van der Waals surface area contributed by atoms with E-state index in [4.69, 9.17) is 0 Å². The Balaban J connectivity index is 1.28. The van der Waals surface area contributed by atoms with Gasteiger partial charge in [-0.15, -0.1) is 5.10 Å². The third-order valence-corrected chi connectivity index (χ3v) is 4.77. The quantitative estimate of drug-likeness (QED) is 0.849. The second-order valence-corrected chi connectivity index (χ2v) is 6.30. The topological polar surface area (TPSA) is 48.4 Å². The van der Waals surface area contributed by atoms with Gasteiger partial charge in [0.2, 0.25) is 0 Å². The second-order valence-electron chi connectivity index (χ2n) is 6.30. The van der Waals surface area contributed by atoms with E-state index in [1.54, 1.807) is 0 Å². The first-order chi connectivity index (χ1) is 11.3. The molecule has 0 saturated carbocycles. The van der Waals surface area contributed by atoms with E-state index in [-0.39, 0.29) is 0 Å². The molecule has 6 nitrogen and oxygen atoms in total. The Morgan fingerprint density at radius 2 is 1.70 bits per heavy atom. The predicted octanol–water partition coefficient (Wildman–Crippen LogP) is 1.19. The summed E-state index contributed by atoms with van der Waals surface area (Å²) in [4.78, 5) is 11.7. The van der Waals surface area contributed by atoms with Gasteiger partial charge < -0.3 is 9.80 Å². The molecule has 4 rings (SSSR count). The zero-order chi connectivity index (χ0) is 15.6. The molecule has 0 unspecified atom stereocenters. The minimum Gasteiger partial charge on any atom is -0.354 e. The van der Waals surface area contributed by atoms with E-state index in [9.17, 15) is 0 Å². The minimum absolute atomic E-state index is 0.643. The summed E-state index contributed by atoms with van der Waals surface area (Å²) in [5, 5.41) is 8.42. The molecule has 0 bridgehead atoms. The summed E-state index contributed by atoms with van der Waals surface area (Å²) in [5.41, 5.74) is 0.969. The zero-order valence-electron chi connectivity index (χ0n) is 13.5. The Kier molecular flexibility index (Phi) is 3.83. The smallest absolute Gasteiger partial charge is 0.151 e. The van der Waals surface area contributed by atoms with Crippen molar-refractivity contribution in [2.45, 2.75) is 13.0 Å². The molecule has 0 atom stereocenters. The normalized spacial score (nSPS) is 19.7. The van der Waals surface area contributed by atoms with E-state index in [1.807, 2.05) is 25.3 Å². The number of aryl methyl sites for hydroxylation is 1. The van der Waals surface area contributed by atoms with Crippen molar-refractivity contribution in [3.63, 3.8) is 0 Å². The van der Waals surface area contributed by atoms with Crippen molar-refractivity contribution >= 4 is 11.6 Å². The summed E-state index contributed by atoms with van der Waals surface area (Å²) in [7, 11) is 0. The van der Waals surface area contributed by atoms with Gasteiger partial charge in [-0.3, -0.25) is 4.90 Å². The van der Waals surface area contributed by atoms with Crippen LogP contribution in [0.15, 0.2) is 36.5 Å². The van der Waals surface area contributed by atoms with Crippen LogP contribution >= 0.6 is 0 Å². The molecule has 0 spiro atoms. The van der Waals surface area contributed by atoms with Gasteiger partial charge in [-0.25, -0.2) is 4.98 Å².